The fourth-order valence-corrected chi connectivity index (χ4v) is 4.01. The summed E-state index contributed by atoms with van der Waals surface area (Å²) in [4.78, 5) is 28.0. The van der Waals surface area contributed by atoms with Crippen molar-refractivity contribution in [3.63, 3.8) is 0 Å². The number of amides is 1. The van der Waals surface area contributed by atoms with Gasteiger partial charge in [0, 0.05) is 32.6 Å². The van der Waals surface area contributed by atoms with Crippen molar-refractivity contribution in [1.82, 2.24) is 24.7 Å². The summed E-state index contributed by atoms with van der Waals surface area (Å²) in [5.74, 6) is -1.41. The maximum atomic E-state index is 13.1. The Labute approximate surface area is 193 Å². The van der Waals surface area contributed by atoms with E-state index in [1.165, 1.54) is 13.2 Å². The first-order chi connectivity index (χ1) is 16.2. The van der Waals surface area contributed by atoms with Gasteiger partial charge in [-0.05, 0) is 42.7 Å². The Kier molecular flexibility index (Phi) is 6.40. The third-order valence-corrected chi connectivity index (χ3v) is 5.84. The highest BCUT2D eigenvalue weighted by molar-refractivity contribution is 5.89. The molecule has 1 aliphatic rings. The van der Waals surface area contributed by atoms with Crippen molar-refractivity contribution in [1.29, 1.82) is 0 Å². The average Bonchev–Trinajstić information content (AvgIpc) is 3.27. The number of esters is 1. The van der Waals surface area contributed by atoms with E-state index in [9.17, 15) is 22.8 Å². The molecule has 9 nitrogen and oxygen atoms in total. The second-order valence-corrected chi connectivity index (χ2v) is 8.13. The fraction of sp³-hybridized carbons (Fsp3) is 0.409. The topological polar surface area (TPSA) is 92.9 Å². The van der Waals surface area contributed by atoms with Gasteiger partial charge in [-0.15, -0.1) is 15.3 Å². The number of nitrogens with zero attached hydrogens (tertiary/aromatic N) is 6. The van der Waals surface area contributed by atoms with Crippen molar-refractivity contribution in [2.24, 2.45) is 5.92 Å². The second-order valence-electron chi connectivity index (χ2n) is 8.13. The van der Waals surface area contributed by atoms with Gasteiger partial charge in [0.05, 0.1) is 12.7 Å². The number of benzene rings is 1. The van der Waals surface area contributed by atoms with Gasteiger partial charge in [0.1, 0.15) is 5.82 Å². The van der Waals surface area contributed by atoms with Crippen LogP contribution in [-0.2, 0) is 22.3 Å². The van der Waals surface area contributed by atoms with Gasteiger partial charge in [-0.25, -0.2) is 4.79 Å². The van der Waals surface area contributed by atoms with Crippen molar-refractivity contribution in [2.75, 3.05) is 32.1 Å². The summed E-state index contributed by atoms with van der Waals surface area (Å²) in [5.41, 5.74) is 1.34. The normalized spacial score (nSPS) is 14.9. The first-order valence-corrected chi connectivity index (χ1v) is 10.6. The molecule has 0 unspecified atom stereocenters. The van der Waals surface area contributed by atoms with E-state index in [1.807, 2.05) is 4.90 Å². The summed E-state index contributed by atoms with van der Waals surface area (Å²) < 4.78 is 44.8. The lowest BCUT2D eigenvalue weighted by Crippen LogP contribution is -2.41. The summed E-state index contributed by atoms with van der Waals surface area (Å²) in [6.45, 7) is 1.37. The number of halogens is 3. The van der Waals surface area contributed by atoms with Crippen LogP contribution in [0.2, 0.25) is 0 Å². The van der Waals surface area contributed by atoms with Gasteiger partial charge in [-0.2, -0.15) is 17.7 Å². The van der Waals surface area contributed by atoms with Gasteiger partial charge < -0.3 is 14.5 Å². The smallest absolute Gasteiger partial charge is 0.453 e. The molecule has 0 aliphatic carbocycles. The van der Waals surface area contributed by atoms with Crippen LogP contribution in [0.3, 0.4) is 0 Å². The molecule has 0 N–H and O–H groups in total. The van der Waals surface area contributed by atoms with Crippen LogP contribution < -0.4 is 4.90 Å². The molecule has 12 heteroatoms. The number of anilines is 1. The van der Waals surface area contributed by atoms with E-state index in [-0.39, 0.29) is 17.5 Å². The minimum Gasteiger partial charge on any atom is -0.465 e. The number of carbonyl (C=O) groups excluding carboxylic acids is 2. The van der Waals surface area contributed by atoms with Crippen molar-refractivity contribution in [3.8, 4) is 0 Å². The molecule has 3 aromatic rings. The summed E-state index contributed by atoms with van der Waals surface area (Å²) in [5, 5.41) is 10.8. The molecule has 180 valence electrons. The van der Waals surface area contributed by atoms with Crippen LogP contribution in [-0.4, -0.2) is 63.8 Å². The van der Waals surface area contributed by atoms with E-state index in [2.05, 4.69) is 20.0 Å². The molecule has 1 aliphatic heterocycles. The molecule has 1 aromatic carbocycles. The molecule has 0 saturated carbocycles. The molecule has 0 atom stereocenters. The number of methoxy groups -OCH3 is 1. The Hall–Kier alpha value is -3.70. The Balaban J connectivity index is 1.36. The van der Waals surface area contributed by atoms with Crippen LogP contribution in [0.25, 0.3) is 5.65 Å². The molecule has 34 heavy (non-hydrogen) atoms. The molecule has 1 amide bonds. The van der Waals surface area contributed by atoms with Crippen LogP contribution in [0, 0.1) is 5.92 Å². The largest absolute Gasteiger partial charge is 0.465 e. The lowest BCUT2D eigenvalue weighted by molar-refractivity contribution is -0.146. The van der Waals surface area contributed by atoms with Gasteiger partial charge in [-0.3, -0.25) is 4.79 Å². The van der Waals surface area contributed by atoms with Crippen LogP contribution >= 0.6 is 0 Å². The van der Waals surface area contributed by atoms with Crippen LogP contribution in [0.1, 0.15) is 34.6 Å². The van der Waals surface area contributed by atoms with Crippen LogP contribution in [0.4, 0.5) is 19.0 Å². The molecule has 1 fully saturated rings. The summed E-state index contributed by atoms with van der Waals surface area (Å²) >= 11 is 0. The number of ether oxygens (including phenoxy) is 1. The van der Waals surface area contributed by atoms with Gasteiger partial charge in [-0.1, -0.05) is 12.1 Å². The predicted octanol–water partition coefficient (Wildman–Crippen LogP) is 2.80. The molecular weight excluding hydrogens is 453 g/mol. The highest BCUT2D eigenvalue weighted by Crippen LogP contribution is 2.29. The number of carbonyl (C=O) groups is 2. The highest BCUT2D eigenvalue weighted by Gasteiger charge is 2.38. The lowest BCUT2D eigenvalue weighted by atomic mass is 9.95. The predicted molar refractivity (Wildman–Crippen MR) is 115 cm³/mol. The fourth-order valence-electron chi connectivity index (χ4n) is 4.01. The zero-order valence-electron chi connectivity index (χ0n) is 18.6. The standard InChI is InChI=1S/C22H23F3N6O3/c1-29(13-14-3-5-16(6-4-14)20(33)34-2)19(32)15-9-11-30(12-10-15)18-8-7-17-26-27-21(22(23,24)25)31(17)28-18/h3-8,15H,9-13H2,1-2H3. The van der Waals surface area contributed by atoms with Crippen molar-refractivity contribution in [2.45, 2.75) is 25.6 Å². The Morgan fingerprint density at radius 2 is 1.76 bits per heavy atom. The monoisotopic (exact) mass is 476 g/mol. The Morgan fingerprint density at radius 1 is 1.09 bits per heavy atom. The van der Waals surface area contributed by atoms with E-state index in [4.69, 9.17) is 0 Å². The minimum atomic E-state index is -4.66. The summed E-state index contributed by atoms with van der Waals surface area (Å²) in [6, 6.07) is 9.92. The number of hydrogen-bond acceptors (Lipinski definition) is 7. The van der Waals surface area contributed by atoms with Crippen molar-refractivity contribution in [3.05, 3.63) is 53.3 Å². The molecule has 0 spiro atoms. The van der Waals surface area contributed by atoms with E-state index >= 15 is 0 Å². The van der Waals surface area contributed by atoms with Crippen molar-refractivity contribution < 1.29 is 27.5 Å². The number of alkyl halides is 3. The highest BCUT2D eigenvalue weighted by atomic mass is 19.4. The molecule has 2 aromatic heterocycles. The van der Waals surface area contributed by atoms with E-state index < -0.39 is 18.0 Å². The molecular formula is C22H23F3N6O3. The van der Waals surface area contributed by atoms with E-state index in [1.54, 1.807) is 42.3 Å². The van der Waals surface area contributed by atoms with E-state index in [0.29, 0.717) is 48.4 Å². The minimum absolute atomic E-state index is 0.00160. The lowest BCUT2D eigenvalue weighted by Gasteiger charge is -2.33. The summed E-state index contributed by atoms with van der Waals surface area (Å²) in [7, 11) is 3.04. The van der Waals surface area contributed by atoms with Crippen LogP contribution in [0.15, 0.2) is 36.4 Å². The average molecular weight is 476 g/mol. The van der Waals surface area contributed by atoms with Crippen molar-refractivity contribution >= 4 is 23.3 Å². The second kappa shape index (κ2) is 9.27. The van der Waals surface area contributed by atoms with E-state index in [0.717, 1.165) is 5.56 Å². The zero-order valence-corrected chi connectivity index (χ0v) is 18.6. The van der Waals surface area contributed by atoms with Gasteiger partial charge in [0.25, 0.3) is 5.82 Å². The van der Waals surface area contributed by atoms with Crippen LogP contribution in [0.5, 0.6) is 0 Å². The molecule has 1 saturated heterocycles. The molecule has 4 rings (SSSR count). The number of hydrogen-bond donors (Lipinski definition) is 0. The third-order valence-electron chi connectivity index (χ3n) is 5.84. The zero-order chi connectivity index (χ0) is 24.5. The summed E-state index contributed by atoms with van der Waals surface area (Å²) in [6.07, 6.45) is -3.55. The van der Waals surface area contributed by atoms with Gasteiger partial charge in [0.2, 0.25) is 5.91 Å². The number of piperidine rings is 1. The first kappa shape index (κ1) is 23.5. The molecule has 0 bridgehead atoms. The third kappa shape index (κ3) is 4.80. The van der Waals surface area contributed by atoms with Gasteiger partial charge >= 0.3 is 12.1 Å². The van der Waals surface area contributed by atoms with Gasteiger partial charge in [0.15, 0.2) is 5.65 Å². The quantitative estimate of drug-likeness (QED) is 0.523. The number of rotatable bonds is 5. The maximum Gasteiger partial charge on any atom is 0.453 e. The Morgan fingerprint density at radius 3 is 2.38 bits per heavy atom. The molecule has 3 heterocycles. The number of aromatic nitrogens is 4. The first-order valence-electron chi connectivity index (χ1n) is 10.6. The SMILES string of the molecule is COC(=O)c1ccc(CN(C)C(=O)C2CCN(c3ccc4nnc(C(F)(F)F)n4n3)CC2)cc1. The maximum absolute atomic E-state index is 13.1. The number of fused-ring (bicyclic) bond motifs is 1. The Bertz CT molecular complexity index is 1190. The molecule has 0 radical (unpaired) electrons.